The van der Waals surface area contributed by atoms with Crippen LogP contribution in [0.5, 0.6) is 5.75 Å². The van der Waals surface area contributed by atoms with E-state index in [1.54, 1.807) is 0 Å². The first kappa shape index (κ1) is 17.8. The van der Waals surface area contributed by atoms with E-state index in [9.17, 15) is 4.79 Å². The molecule has 3 N–H and O–H groups in total. The van der Waals surface area contributed by atoms with Crippen molar-refractivity contribution in [1.82, 2.24) is 5.32 Å². The second kappa shape index (κ2) is 8.31. The summed E-state index contributed by atoms with van der Waals surface area (Å²) in [7, 11) is 0. The van der Waals surface area contributed by atoms with E-state index in [2.05, 4.69) is 19.2 Å². The summed E-state index contributed by atoms with van der Waals surface area (Å²) in [5.74, 6) is 1.10. The minimum atomic E-state index is -0.465. The lowest BCUT2D eigenvalue weighted by Crippen LogP contribution is -2.41. The molecule has 0 saturated carbocycles. The molecule has 1 aromatic carbocycles. The van der Waals surface area contributed by atoms with E-state index in [1.165, 1.54) is 0 Å². The Hall–Kier alpha value is -1.59. The molecule has 1 aliphatic heterocycles. The Balaban J connectivity index is 1.97. The van der Waals surface area contributed by atoms with Crippen LogP contribution in [-0.4, -0.2) is 31.3 Å². The van der Waals surface area contributed by atoms with E-state index in [-0.39, 0.29) is 12.0 Å². The van der Waals surface area contributed by atoms with E-state index in [0.717, 1.165) is 29.9 Å². The van der Waals surface area contributed by atoms with E-state index < -0.39 is 6.04 Å². The Morgan fingerprint density at radius 1 is 1.48 bits per heavy atom. The maximum absolute atomic E-state index is 12.1. The van der Waals surface area contributed by atoms with Crippen molar-refractivity contribution in [2.75, 3.05) is 13.2 Å². The summed E-state index contributed by atoms with van der Waals surface area (Å²) in [5, 5.41) is 2.91. The normalized spacial score (nSPS) is 18.9. The predicted molar refractivity (Wildman–Crippen MR) is 90.3 cm³/mol. The lowest BCUT2D eigenvalue weighted by molar-refractivity contribution is -0.122. The third-order valence-electron chi connectivity index (χ3n) is 3.92. The number of rotatable bonds is 7. The molecule has 5 heteroatoms. The molecule has 5 nitrogen and oxygen atoms in total. The van der Waals surface area contributed by atoms with Crippen LogP contribution < -0.4 is 15.8 Å². The summed E-state index contributed by atoms with van der Waals surface area (Å²) in [5.41, 5.74) is 8.01. The van der Waals surface area contributed by atoms with E-state index in [1.807, 2.05) is 25.1 Å². The van der Waals surface area contributed by atoms with Gasteiger partial charge in [-0.2, -0.15) is 0 Å². The van der Waals surface area contributed by atoms with Crippen LogP contribution in [0, 0.1) is 12.8 Å². The molecular formula is C18H28N2O3. The zero-order valence-corrected chi connectivity index (χ0v) is 14.3. The van der Waals surface area contributed by atoms with Gasteiger partial charge < -0.3 is 20.5 Å². The number of nitrogens with one attached hydrogen (secondary N) is 1. The van der Waals surface area contributed by atoms with Crippen molar-refractivity contribution in [3.63, 3.8) is 0 Å². The van der Waals surface area contributed by atoms with Crippen LogP contribution >= 0.6 is 0 Å². The largest absolute Gasteiger partial charge is 0.488 e. The summed E-state index contributed by atoms with van der Waals surface area (Å²) < 4.78 is 11.4. The van der Waals surface area contributed by atoms with Crippen molar-refractivity contribution in [2.45, 2.75) is 52.3 Å². The molecule has 2 rings (SSSR count). The summed E-state index contributed by atoms with van der Waals surface area (Å²) in [6.45, 7) is 7.93. The second-order valence-corrected chi connectivity index (χ2v) is 6.67. The number of nitrogens with two attached hydrogens (primary N) is 1. The Morgan fingerprint density at radius 2 is 2.26 bits per heavy atom. The van der Waals surface area contributed by atoms with Gasteiger partial charge in [-0.3, -0.25) is 4.79 Å². The van der Waals surface area contributed by atoms with Crippen LogP contribution in [0.25, 0.3) is 0 Å². The van der Waals surface area contributed by atoms with Gasteiger partial charge in [-0.25, -0.2) is 0 Å². The maximum atomic E-state index is 12.1. The minimum absolute atomic E-state index is 0.0921. The zero-order valence-electron chi connectivity index (χ0n) is 14.3. The standard InChI is InChI=1S/C18H28N2O3/c1-12(2)8-16(19)18(21)20-10-14-5-4-13(3)9-17(14)23-15-6-7-22-11-15/h4-5,9,12,15-16H,6-8,10-11,19H2,1-3H3,(H,20,21)/t15?,16-/m0/s1. The fraction of sp³-hybridized carbons (Fsp3) is 0.611. The number of benzene rings is 1. The maximum Gasteiger partial charge on any atom is 0.237 e. The number of ether oxygens (including phenoxy) is 2. The Bertz CT molecular complexity index is 525. The quantitative estimate of drug-likeness (QED) is 0.807. The molecule has 0 aromatic heterocycles. The van der Waals surface area contributed by atoms with Gasteiger partial charge in [-0.1, -0.05) is 26.0 Å². The molecule has 1 saturated heterocycles. The molecule has 0 bridgehead atoms. The SMILES string of the molecule is Cc1ccc(CNC(=O)[C@@H](N)CC(C)C)c(OC2CCOC2)c1. The summed E-state index contributed by atoms with van der Waals surface area (Å²) in [4.78, 5) is 12.1. The highest BCUT2D eigenvalue weighted by Gasteiger charge is 2.19. The van der Waals surface area contributed by atoms with E-state index in [0.29, 0.717) is 25.5 Å². The number of amides is 1. The van der Waals surface area contributed by atoms with Crippen LogP contribution in [0.2, 0.25) is 0 Å². The fourth-order valence-electron chi connectivity index (χ4n) is 2.63. The van der Waals surface area contributed by atoms with Gasteiger partial charge in [-0.15, -0.1) is 0 Å². The Labute approximate surface area is 138 Å². The number of hydrogen-bond acceptors (Lipinski definition) is 4. The lowest BCUT2D eigenvalue weighted by Gasteiger charge is -2.18. The molecule has 1 heterocycles. The predicted octanol–water partition coefficient (Wildman–Crippen LogP) is 2.15. The molecule has 2 atom stereocenters. The summed E-state index contributed by atoms with van der Waals surface area (Å²) in [6.07, 6.45) is 1.68. The van der Waals surface area contributed by atoms with Gasteiger partial charge in [0, 0.05) is 18.5 Å². The van der Waals surface area contributed by atoms with Gasteiger partial charge >= 0.3 is 0 Å². The number of carbonyl (C=O) groups is 1. The zero-order chi connectivity index (χ0) is 16.8. The van der Waals surface area contributed by atoms with Gasteiger partial charge in [0.15, 0.2) is 0 Å². The van der Waals surface area contributed by atoms with Crippen LogP contribution in [0.3, 0.4) is 0 Å². The van der Waals surface area contributed by atoms with Gasteiger partial charge in [0.25, 0.3) is 0 Å². The van der Waals surface area contributed by atoms with E-state index >= 15 is 0 Å². The Morgan fingerprint density at radius 3 is 2.91 bits per heavy atom. The summed E-state index contributed by atoms with van der Waals surface area (Å²) in [6, 6.07) is 5.56. The van der Waals surface area contributed by atoms with Gasteiger partial charge in [0.2, 0.25) is 5.91 Å². The first-order valence-electron chi connectivity index (χ1n) is 8.33. The second-order valence-electron chi connectivity index (χ2n) is 6.67. The first-order chi connectivity index (χ1) is 11.0. The molecule has 1 amide bonds. The summed E-state index contributed by atoms with van der Waals surface area (Å²) >= 11 is 0. The first-order valence-corrected chi connectivity index (χ1v) is 8.33. The molecule has 1 unspecified atom stereocenters. The molecular weight excluding hydrogens is 292 g/mol. The van der Waals surface area contributed by atoms with E-state index in [4.69, 9.17) is 15.2 Å². The molecule has 1 fully saturated rings. The molecule has 1 aliphatic rings. The van der Waals surface area contributed by atoms with Crippen LogP contribution in [0.1, 0.15) is 37.8 Å². The molecule has 0 aliphatic carbocycles. The van der Waals surface area contributed by atoms with Crippen molar-refractivity contribution in [3.05, 3.63) is 29.3 Å². The van der Waals surface area contributed by atoms with Crippen molar-refractivity contribution < 1.29 is 14.3 Å². The molecule has 0 radical (unpaired) electrons. The molecule has 1 aromatic rings. The Kier molecular flexibility index (Phi) is 6.42. The molecule has 128 valence electrons. The fourth-order valence-corrected chi connectivity index (χ4v) is 2.63. The third kappa shape index (κ3) is 5.52. The van der Waals surface area contributed by atoms with Crippen LogP contribution in [-0.2, 0) is 16.1 Å². The highest BCUT2D eigenvalue weighted by atomic mass is 16.5. The van der Waals surface area contributed by atoms with Crippen molar-refractivity contribution in [2.24, 2.45) is 11.7 Å². The van der Waals surface area contributed by atoms with Crippen molar-refractivity contribution in [1.29, 1.82) is 0 Å². The molecule has 23 heavy (non-hydrogen) atoms. The third-order valence-corrected chi connectivity index (χ3v) is 3.92. The van der Waals surface area contributed by atoms with Gasteiger partial charge in [0.1, 0.15) is 11.9 Å². The average molecular weight is 320 g/mol. The van der Waals surface area contributed by atoms with Crippen molar-refractivity contribution in [3.8, 4) is 5.75 Å². The smallest absolute Gasteiger partial charge is 0.237 e. The minimum Gasteiger partial charge on any atom is -0.488 e. The average Bonchev–Trinajstić information content (AvgIpc) is 2.98. The topological polar surface area (TPSA) is 73.6 Å². The highest BCUT2D eigenvalue weighted by molar-refractivity contribution is 5.81. The number of carbonyl (C=O) groups excluding carboxylic acids is 1. The number of hydrogen-bond donors (Lipinski definition) is 2. The van der Waals surface area contributed by atoms with Crippen LogP contribution in [0.15, 0.2) is 18.2 Å². The van der Waals surface area contributed by atoms with Crippen molar-refractivity contribution >= 4 is 5.91 Å². The highest BCUT2D eigenvalue weighted by Crippen LogP contribution is 2.23. The molecule has 0 spiro atoms. The van der Waals surface area contributed by atoms with Gasteiger partial charge in [0.05, 0.1) is 19.3 Å². The lowest BCUT2D eigenvalue weighted by atomic mass is 10.0. The van der Waals surface area contributed by atoms with Gasteiger partial charge in [-0.05, 0) is 30.9 Å². The number of aryl methyl sites for hydroxylation is 1. The van der Waals surface area contributed by atoms with Crippen LogP contribution in [0.4, 0.5) is 0 Å². The monoisotopic (exact) mass is 320 g/mol.